The molecule has 176 valence electrons. The van der Waals surface area contributed by atoms with Crippen molar-refractivity contribution in [1.29, 1.82) is 0 Å². The molecule has 1 saturated heterocycles. The minimum atomic E-state index is -4.50. The maximum Gasteiger partial charge on any atom is 0.416 e. The molecule has 2 unspecified atom stereocenters. The van der Waals surface area contributed by atoms with E-state index in [1.165, 1.54) is 12.1 Å². The normalized spacial score (nSPS) is 22.1. The highest BCUT2D eigenvalue weighted by Crippen LogP contribution is 2.32. The van der Waals surface area contributed by atoms with Crippen molar-refractivity contribution in [3.63, 3.8) is 0 Å². The smallest absolute Gasteiger partial charge is 0.344 e. The Morgan fingerprint density at radius 3 is 2.59 bits per heavy atom. The number of hydrogen-bond donors (Lipinski definition) is 1. The minimum Gasteiger partial charge on any atom is -0.344 e. The van der Waals surface area contributed by atoms with Crippen LogP contribution in [0.2, 0.25) is 0 Å². The zero-order valence-corrected chi connectivity index (χ0v) is 18.7. The van der Waals surface area contributed by atoms with Gasteiger partial charge in [-0.25, -0.2) is 13.4 Å². The van der Waals surface area contributed by atoms with Gasteiger partial charge in [-0.3, -0.25) is 9.59 Å². The van der Waals surface area contributed by atoms with E-state index in [9.17, 15) is 31.2 Å². The van der Waals surface area contributed by atoms with Crippen molar-refractivity contribution in [3.8, 4) is 0 Å². The number of carbonyl (C=O) groups is 2. The van der Waals surface area contributed by atoms with Gasteiger partial charge >= 0.3 is 6.18 Å². The molecule has 2 aliphatic heterocycles. The zero-order chi connectivity index (χ0) is 23.7. The molecule has 0 saturated carbocycles. The Labute approximate surface area is 185 Å². The Bertz CT molecular complexity index is 1020. The lowest BCUT2D eigenvalue weighted by molar-refractivity contribution is -0.137. The number of hydrazone groups is 1. The van der Waals surface area contributed by atoms with Crippen LogP contribution in [0, 0.1) is 5.92 Å². The third-order valence-corrected chi connectivity index (χ3v) is 7.26. The molecule has 2 atom stereocenters. The predicted molar refractivity (Wildman–Crippen MR) is 112 cm³/mol. The van der Waals surface area contributed by atoms with Gasteiger partial charge in [0.15, 0.2) is 9.84 Å². The van der Waals surface area contributed by atoms with E-state index in [0.717, 1.165) is 17.1 Å². The highest BCUT2D eigenvalue weighted by atomic mass is 32.2. The maximum atomic E-state index is 13.1. The molecular weight excluding hydrogens is 447 g/mol. The molecule has 3 rings (SSSR count). The van der Waals surface area contributed by atoms with Crippen molar-refractivity contribution in [2.75, 3.05) is 11.5 Å². The predicted octanol–water partition coefficient (Wildman–Crippen LogP) is 3.07. The second kappa shape index (κ2) is 9.21. The number of amides is 2. The monoisotopic (exact) mass is 473 g/mol. The van der Waals surface area contributed by atoms with E-state index in [2.05, 4.69) is 10.4 Å². The van der Waals surface area contributed by atoms with Gasteiger partial charge in [-0.2, -0.15) is 18.3 Å². The summed E-state index contributed by atoms with van der Waals surface area (Å²) in [7, 11) is -3.25. The molecule has 7 nitrogen and oxygen atoms in total. The summed E-state index contributed by atoms with van der Waals surface area (Å²) in [5, 5.41) is 7.99. The van der Waals surface area contributed by atoms with Gasteiger partial charge in [0.2, 0.25) is 5.91 Å². The van der Waals surface area contributed by atoms with E-state index in [0.29, 0.717) is 12.0 Å². The van der Waals surface area contributed by atoms with E-state index < -0.39 is 39.6 Å². The average molecular weight is 474 g/mol. The lowest BCUT2D eigenvalue weighted by Crippen LogP contribution is -2.44. The van der Waals surface area contributed by atoms with Gasteiger partial charge in [0.05, 0.1) is 29.2 Å². The quantitative estimate of drug-likeness (QED) is 0.687. The van der Waals surface area contributed by atoms with Crippen LogP contribution in [0.1, 0.15) is 56.7 Å². The Hall–Kier alpha value is -2.43. The van der Waals surface area contributed by atoms with Crippen LogP contribution < -0.4 is 5.32 Å². The lowest BCUT2D eigenvalue weighted by Gasteiger charge is -2.28. The molecule has 0 radical (unpaired) electrons. The molecule has 0 bridgehead atoms. The van der Waals surface area contributed by atoms with Crippen molar-refractivity contribution < 1.29 is 31.2 Å². The first-order valence-electron chi connectivity index (χ1n) is 10.4. The summed E-state index contributed by atoms with van der Waals surface area (Å²) in [4.78, 5) is 25.2. The highest BCUT2D eigenvalue weighted by Gasteiger charge is 2.37. The molecule has 1 aromatic rings. The Balaban J connectivity index is 1.82. The van der Waals surface area contributed by atoms with Crippen LogP contribution in [0.4, 0.5) is 13.2 Å². The van der Waals surface area contributed by atoms with Crippen molar-refractivity contribution in [3.05, 3.63) is 35.4 Å². The average Bonchev–Trinajstić information content (AvgIpc) is 3.06. The van der Waals surface area contributed by atoms with Crippen LogP contribution in [0.3, 0.4) is 0 Å². The van der Waals surface area contributed by atoms with E-state index in [-0.39, 0.29) is 48.3 Å². The summed E-state index contributed by atoms with van der Waals surface area (Å²) >= 11 is 0. The topological polar surface area (TPSA) is 95.9 Å². The Kier molecular flexibility index (Phi) is 6.97. The molecule has 11 heteroatoms. The van der Waals surface area contributed by atoms with Gasteiger partial charge < -0.3 is 5.32 Å². The molecule has 2 heterocycles. The molecule has 2 aliphatic rings. The van der Waals surface area contributed by atoms with Crippen LogP contribution in [-0.2, 0) is 25.6 Å². The summed E-state index contributed by atoms with van der Waals surface area (Å²) in [5.41, 5.74) is -0.407. The molecule has 0 aromatic heterocycles. The number of nitrogens with one attached hydrogen (secondary N) is 1. The second-order valence-electron chi connectivity index (χ2n) is 8.62. The van der Waals surface area contributed by atoms with Gasteiger partial charge in [0.1, 0.15) is 5.71 Å². The third kappa shape index (κ3) is 5.87. The van der Waals surface area contributed by atoms with Crippen molar-refractivity contribution in [2.24, 2.45) is 11.0 Å². The summed E-state index contributed by atoms with van der Waals surface area (Å²) in [6.07, 6.45) is -3.74. The standard InChI is InChI=1S/C21H26F3N3O4S/c1-13(2)10-18(14-4-3-5-15(11-14)21(22,23)24)25-20(29)17-6-7-19(28)27(26-17)16-8-9-32(30,31)12-16/h3-5,11,13,16,18H,6-10,12H2,1-2H3,(H,25,29). The number of nitrogens with zero attached hydrogens (tertiary/aromatic N) is 2. The fraction of sp³-hybridized carbons (Fsp3) is 0.571. The molecule has 0 aliphatic carbocycles. The van der Waals surface area contributed by atoms with Gasteiger partial charge in [-0.1, -0.05) is 26.0 Å². The number of rotatable bonds is 6. The van der Waals surface area contributed by atoms with Crippen molar-refractivity contribution >= 4 is 27.4 Å². The zero-order valence-electron chi connectivity index (χ0n) is 17.9. The summed E-state index contributed by atoms with van der Waals surface area (Å²) in [6, 6.07) is 3.55. The van der Waals surface area contributed by atoms with Crippen LogP contribution in [-0.4, -0.2) is 48.5 Å². The molecular formula is C21H26F3N3O4S. The molecule has 1 fully saturated rings. The number of carbonyl (C=O) groups excluding carboxylic acids is 2. The number of hydrogen-bond acceptors (Lipinski definition) is 5. The number of halogens is 3. The fourth-order valence-corrected chi connectivity index (χ4v) is 5.60. The van der Waals surface area contributed by atoms with Gasteiger partial charge in [-0.05, 0) is 36.5 Å². The first-order valence-corrected chi connectivity index (χ1v) is 12.3. The lowest BCUT2D eigenvalue weighted by atomic mass is 9.95. The first kappa shape index (κ1) is 24.2. The van der Waals surface area contributed by atoms with Crippen molar-refractivity contribution in [1.82, 2.24) is 10.3 Å². The highest BCUT2D eigenvalue weighted by molar-refractivity contribution is 7.91. The van der Waals surface area contributed by atoms with Crippen LogP contribution in [0.25, 0.3) is 0 Å². The molecule has 0 spiro atoms. The Morgan fingerprint density at radius 1 is 1.28 bits per heavy atom. The minimum absolute atomic E-state index is 0.0151. The number of sulfone groups is 1. The van der Waals surface area contributed by atoms with E-state index >= 15 is 0 Å². The first-order chi connectivity index (χ1) is 14.9. The van der Waals surface area contributed by atoms with Gasteiger partial charge in [0, 0.05) is 12.8 Å². The molecule has 1 aromatic carbocycles. The number of alkyl halides is 3. The van der Waals surface area contributed by atoms with Gasteiger partial charge in [-0.15, -0.1) is 0 Å². The summed E-state index contributed by atoms with van der Waals surface area (Å²) < 4.78 is 63.0. The molecule has 32 heavy (non-hydrogen) atoms. The van der Waals surface area contributed by atoms with E-state index in [4.69, 9.17) is 0 Å². The van der Waals surface area contributed by atoms with Crippen molar-refractivity contribution in [2.45, 2.75) is 57.8 Å². The largest absolute Gasteiger partial charge is 0.416 e. The Morgan fingerprint density at radius 2 is 2.00 bits per heavy atom. The van der Waals surface area contributed by atoms with E-state index in [1.54, 1.807) is 0 Å². The SMILES string of the molecule is CC(C)CC(NC(=O)C1=NN(C2CCS(=O)(=O)C2)C(=O)CC1)c1cccc(C(F)(F)F)c1. The van der Waals surface area contributed by atoms with Crippen LogP contribution in [0.15, 0.2) is 29.4 Å². The fourth-order valence-electron chi connectivity index (χ4n) is 3.91. The second-order valence-corrected chi connectivity index (χ2v) is 10.8. The van der Waals surface area contributed by atoms with Crippen LogP contribution in [0.5, 0.6) is 0 Å². The maximum absolute atomic E-state index is 13.1. The summed E-state index contributed by atoms with van der Waals surface area (Å²) in [6.45, 7) is 3.79. The summed E-state index contributed by atoms with van der Waals surface area (Å²) in [5.74, 6) is -1.07. The molecule has 2 amide bonds. The molecule has 1 N–H and O–H groups in total. The van der Waals surface area contributed by atoms with E-state index in [1.807, 2.05) is 13.8 Å². The number of benzene rings is 1. The van der Waals surface area contributed by atoms with Gasteiger partial charge in [0.25, 0.3) is 5.91 Å². The third-order valence-electron chi connectivity index (χ3n) is 5.50. The van der Waals surface area contributed by atoms with Crippen LogP contribution >= 0.6 is 0 Å².